The van der Waals surface area contributed by atoms with Crippen molar-refractivity contribution >= 4 is 34.9 Å². The molecule has 0 aliphatic heterocycles. The van der Waals surface area contributed by atoms with E-state index in [9.17, 15) is 0 Å². The fourth-order valence-corrected chi connectivity index (χ4v) is 2.76. The zero-order chi connectivity index (χ0) is 17.9. The third-order valence-corrected chi connectivity index (χ3v) is 4.05. The standard InChI is InChI=1S/C19H17N5O2.ClH/c1-25-16-8-13-15(9-17(16)26-2)20-11-21-19(13)22-18-10-14(23-24-18)12-6-4-3-5-7-12;/h3-11H,1-2H3,(H2,20,21,22,23,24);1H. The normalized spacial score (nSPS) is 10.3. The third-order valence-electron chi connectivity index (χ3n) is 4.05. The van der Waals surface area contributed by atoms with Gasteiger partial charge in [0.15, 0.2) is 17.3 Å². The first kappa shape index (κ1) is 18.5. The number of anilines is 2. The Bertz CT molecular complexity index is 1050. The summed E-state index contributed by atoms with van der Waals surface area (Å²) in [5, 5.41) is 11.4. The van der Waals surface area contributed by atoms with Crippen LogP contribution >= 0.6 is 12.4 Å². The maximum absolute atomic E-state index is 5.38. The molecule has 2 heterocycles. The second kappa shape index (κ2) is 7.92. The van der Waals surface area contributed by atoms with Crippen LogP contribution in [-0.2, 0) is 0 Å². The largest absolute Gasteiger partial charge is 0.493 e. The summed E-state index contributed by atoms with van der Waals surface area (Å²) in [4.78, 5) is 8.65. The molecule has 0 saturated carbocycles. The number of hydrogen-bond donors (Lipinski definition) is 2. The van der Waals surface area contributed by atoms with Gasteiger partial charge in [0, 0.05) is 17.5 Å². The number of ether oxygens (including phenoxy) is 2. The summed E-state index contributed by atoms with van der Waals surface area (Å²) in [7, 11) is 3.19. The zero-order valence-electron chi connectivity index (χ0n) is 14.8. The lowest BCUT2D eigenvalue weighted by Crippen LogP contribution is -1.98. The first-order chi connectivity index (χ1) is 12.8. The zero-order valence-corrected chi connectivity index (χ0v) is 15.6. The minimum absolute atomic E-state index is 0. The van der Waals surface area contributed by atoms with Crippen molar-refractivity contribution in [2.24, 2.45) is 0 Å². The molecule has 8 heteroatoms. The van der Waals surface area contributed by atoms with E-state index in [0.717, 1.165) is 22.2 Å². The number of nitrogens with one attached hydrogen (secondary N) is 2. The number of benzene rings is 2. The van der Waals surface area contributed by atoms with Gasteiger partial charge in [-0.25, -0.2) is 9.97 Å². The SMILES string of the molecule is COc1cc2ncnc(Nc3cc(-c4ccccc4)[nH]n3)c2cc1OC.Cl. The van der Waals surface area contributed by atoms with Gasteiger partial charge in [-0.05, 0) is 11.6 Å². The van der Waals surface area contributed by atoms with Gasteiger partial charge >= 0.3 is 0 Å². The average molecular weight is 384 g/mol. The van der Waals surface area contributed by atoms with E-state index in [-0.39, 0.29) is 12.4 Å². The van der Waals surface area contributed by atoms with Crippen molar-refractivity contribution in [3.63, 3.8) is 0 Å². The first-order valence-corrected chi connectivity index (χ1v) is 8.03. The number of aromatic nitrogens is 4. The van der Waals surface area contributed by atoms with Gasteiger partial charge in [-0.3, -0.25) is 5.10 Å². The van der Waals surface area contributed by atoms with Crippen LogP contribution in [-0.4, -0.2) is 34.4 Å². The highest BCUT2D eigenvalue weighted by Gasteiger charge is 2.12. The van der Waals surface area contributed by atoms with Crippen molar-refractivity contribution < 1.29 is 9.47 Å². The first-order valence-electron chi connectivity index (χ1n) is 8.03. The maximum Gasteiger partial charge on any atom is 0.162 e. The number of nitrogens with zero attached hydrogens (tertiary/aromatic N) is 3. The molecule has 2 aromatic heterocycles. The molecule has 0 unspecified atom stereocenters. The van der Waals surface area contributed by atoms with Crippen molar-refractivity contribution in [1.82, 2.24) is 20.2 Å². The van der Waals surface area contributed by atoms with E-state index in [1.807, 2.05) is 48.5 Å². The molecule has 0 fully saturated rings. The number of fused-ring (bicyclic) bond motifs is 1. The molecule has 0 atom stereocenters. The lowest BCUT2D eigenvalue weighted by molar-refractivity contribution is 0.356. The molecule has 2 aromatic carbocycles. The molecule has 0 aliphatic carbocycles. The minimum Gasteiger partial charge on any atom is -0.493 e. The Morgan fingerprint density at radius 2 is 1.67 bits per heavy atom. The van der Waals surface area contributed by atoms with Crippen molar-refractivity contribution in [2.75, 3.05) is 19.5 Å². The molecule has 0 aliphatic rings. The fraction of sp³-hybridized carbons (Fsp3) is 0.105. The molecule has 0 amide bonds. The predicted octanol–water partition coefficient (Wildman–Crippen LogP) is 4.20. The van der Waals surface area contributed by atoms with Gasteiger partial charge in [-0.2, -0.15) is 5.10 Å². The van der Waals surface area contributed by atoms with E-state index in [2.05, 4.69) is 25.5 Å². The molecule has 0 saturated heterocycles. The lowest BCUT2D eigenvalue weighted by Gasteiger charge is -2.11. The molecule has 7 nitrogen and oxygen atoms in total. The van der Waals surface area contributed by atoms with E-state index in [1.165, 1.54) is 6.33 Å². The number of rotatable bonds is 5. The molecule has 0 bridgehead atoms. The molecule has 2 N–H and O–H groups in total. The molecular formula is C19H18ClN5O2. The summed E-state index contributed by atoms with van der Waals surface area (Å²) in [6.45, 7) is 0. The van der Waals surface area contributed by atoms with E-state index < -0.39 is 0 Å². The minimum atomic E-state index is 0. The van der Waals surface area contributed by atoms with Crippen molar-refractivity contribution in [3.05, 3.63) is 54.9 Å². The van der Waals surface area contributed by atoms with Gasteiger partial charge in [-0.15, -0.1) is 12.4 Å². The van der Waals surface area contributed by atoms with E-state index in [1.54, 1.807) is 14.2 Å². The molecule has 138 valence electrons. The summed E-state index contributed by atoms with van der Waals surface area (Å²) in [6, 6.07) is 15.6. The van der Waals surface area contributed by atoms with Gasteiger partial charge in [0.2, 0.25) is 0 Å². The Morgan fingerprint density at radius 1 is 0.926 bits per heavy atom. The highest BCUT2D eigenvalue weighted by atomic mass is 35.5. The van der Waals surface area contributed by atoms with E-state index in [4.69, 9.17) is 9.47 Å². The van der Waals surface area contributed by atoms with Crippen LogP contribution in [0.1, 0.15) is 0 Å². The molecule has 0 radical (unpaired) electrons. The van der Waals surface area contributed by atoms with E-state index >= 15 is 0 Å². The summed E-state index contributed by atoms with van der Waals surface area (Å²) < 4.78 is 10.7. The number of aromatic amines is 1. The van der Waals surface area contributed by atoms with Crippen LogP contribution in [0.3, 0.4) is 0 Å². The molecule has 27 heavy (non-hydrogen) atoms. The fourth-order valence-electron chi connectivity index (χ4n) is 2.76. The number of halogens is 1. The van der Waals surface area contributed by atoms with Crippen LogP contribution in [0.15, 0.2) is 54.9 Å². The number of methoxy groups -OCH3 is 2. The van der Waals surface area contributed by atoms with Crippen LogP contribution in [0, 0.1) is 0 Å². The Hall–Kier alpha value is -3.32. The second-order valence-electron chi connectivity index (χ2n) is 5.60. The number of H-pyrrole nitrogens is 1. The summed E-state index contributed by atoms with van der Waals surface area (Å²) >= 11 is 0. The second-order valence-corrected chi connectivity index (χ2v) is 5.60. The molecule has 4 rings (SSSR count). The maximum atomic E-state index is 5.38. The topological polar surface area (TPSA) is 85.0 Å². The average Bonchev–Trinajstić information content (AvgIpc) is 3.16. The predicted molar refractivity (Wildman–Crippen MR) is 107 cm³/mol. The Balaban J connectivity index is 0.00000210. The Morgan fingerprint density at radius 3 is 2.41 bits per heavy atom. The molecular weight excluding hydrogens is 366 g/mol. The Kier molecular flexibility index (Phi) is 5.42. The van der Waals surface area contributed by atoms with Crippen LogP contribution in [0.5, 0.6) is 11.5 Å². The molecule has 4 aromatic rings. The quantitative estimate of drug-likeness (QED) is 0.537. The highest BCUT2D eigenvalue weighted by Crippen LogP contribution is 2.34. The highest BCUT2D eigenvalue weighted by molar-refractivity contribution is 5.93. The van der Waals surface area contributed by atoms with E-state index in [0.29, 0.717) is 23.1 Å². The van der Waals surface area contributed by atoms with Gasteiger partial charge in [-0.1, -0.05) is 30.3 Å². The summed E-state index contributed by atoms with van der Waals surface area (Å²) in [5.74, 6) is 2.54. The van der Waals surface area contributed by atoms with Gasteiger partial charge in [0.05, 0.1) is 25.4 Å². The van der Waals surface area contributed by atoms with Gasteiger partial charge in [0.25, 0.3) is 0 Å². The monoisotopic (exact) mass is 383 g/mol. The third kappa shape index (κ3) is 3.63. The smallest absolute Gasteiger partial charge is 0.162 e. The van der Waals surface area contributed by atoms with Crippen LogP contribution < -0.4 is 14.8 Å². The van der Waals surface area contributed by atoms with Crippen molar-refractivity contribution in [1.29, 1.82) is 0 Å². The van der Waals surface area contributed by atoms with Crippen LogP contribution in [0.2, 0.25) is 0 Å². The van der Waals surface area contributed by atoms with Crippen LogP contribution in [0.25, 0.3) is 22.2 Å². The number of hydrogen-bond acceptors (Lipinski definition) is 6. The van der Waals surface area contributed by atoms with Crippen molar-refractivity contribution in [3.8, 4) is 22.8 Å². The van der Waals surface area contributed by atoms with Gasteiger partial charge in [0.1, 0.15) is 12.1 Å². The summed E-state index contributed by atoms with van der Waals surface area (Å²) in [5.41, 5.74) is 2.73. The van der Waals surface area contributed by atoms with Crippen molar-refractivity contribution in [2.45, 2.75) is 0 Å². The summed E-state index contributed by atoms with van der Waals surface area (Å²) in [6.07, 6.45) is 1.50. The molecule has 0 spiro atoms. The Labute approximate surface area is 162 Å². The van der Waals surface area contributed by atoms with Gasteiger partial charge < -0.3 is 14.8 Å². The lowest BCUT2D eigenvalue weighted by atomic mass is 10.1. The van der Waals surface area contributed by atoms with Crippen LogP contribution in [0.4, 0.5) is 11.6 Å².